The number of likely N-dealkylation sites (tertiary alicyclic amines) is 1. The summed E-state index contributed by atoms with van der Waals surface area (Å²) in [6.07, 6.45) is 4.30. The van der Waals surface area contributed by atoms with Crippen LogP contribution in [-0.4, -0.2) is 37.3 Å². The number of rotatable bonds is 4. The number of carbonyl (C=O) groups is 1. The predicted molar refractivity (Wildman–Crippen MR) is 92.8 cm³/mol. The lowest BCUT2D eigenvalue weighted by atomic mass is 10.1. The van der Waals surface area contributed by atoms with Crippen LogP contribution in [0.15, 0.2) is 35.4 Å². The highest BCUT2D eigenvalue weighted by Crippen LogP contribution is 2.30. The van der Waals surface area contributed by atoms with Gasteiger partial charge in [-0.1, -0.05) is 23.5 Å². The molecule has 0 aliphatic carbocycles. The summed E-state index contributed by atoms with van der Waals surface area (Å²) in [5, 5.41) is 17.2. The standard InChI is InChI=1S/C15H15N5O3S2/c16-9-20-6-5-11(8-20)14(21)19-15-18-7-13(24-15)10-1-3-12(4-2-10)25(17,22)23/h1-4,7,11H,5-6,8H2,(H2,17,22,23)(H,18,19,21). The molecule has 1 fully saturated rings. The van der Waals surface area contributed by atoms with Gasteiger partial charge in [-0.25, -0.2) is 18.5 Å². The van der Waals surface area contributed by atoms with E-state index in [0.717, 1.165) is 10.4 Å². The molecule has 0 saturated carbocycles. The fourth-order valence-electron chi connectivity index (χ4n) is 2.55. The Morgan fingerprint density at radius 3 is 2.72 bits per heavy atom. The van der Waals surface area contributed by atoms with Crippen LogP contribution in [0.5, 0.6) is 0 Å². The van der Waals surface area contributed by atoms with Gasteiger partial charge in [0.15, 0.2) is 11.3 Å². The van der Waals surface area contributed by atoms with Gasteiger partial charge in [-0.05, 0) is 24.1 Å². The van der Waals surface area contributed by atoms with Crippen molar-refractivity contribution in [1.82, 2.24) is 9.88 Å². The molecule has 1 aliphatic heterocycles. The lowest BCUT2D eigenvalue weighted by Gasteiger charge is -2.08. The van der Waals surface area contributed by atoms with Gasteiger partial charge in [-0.3, -0.25) is 4.79 Å². The summed E-state index contributed by atoms with van der Waals surface area (Å²) >= 11 is 1.29. The number of benzene rings is 1. The molecule has 1 amide bonds. The topological polar surface area (TPSA) is 129 Å². The second-order valence-corrected chi connectivity index (χ2v) is 8.21. The minimum Gasteiger partial charge on any atom is -0.310 e. The van der Waals surface area contributed by atoms with E-state index in [-0.39, 0.29) is 16.7 Å². The van der Waals surface area contributed by atoms with E-state index in [1.807, 2.05) is 6.19 Å². The van der Waals surface area contributed by atoms with Crippen LogP contribution in [-0.2, 0) is 14.8 Å². The van der Waals surface area contributed by atoms with Crippen molar-refractivity contribution in [2.45, 2.75) is 11.3 Å². The van der Waals surface area contributed by atoms with Crippen molar-refractivity contribution in [3.63, 3.8) is 0 Å². The smallest absolute Gasteiger partial charge is 0.238 e. The summed E-state index contributed by atoms with van der Waals surface area (Å²) in [5.74, 6) is -0.371. The number of nitrogens with one attached hydrogen (secondary N) is 1. The number of nitriles is 1. The highest BCUT2D eigenvalue weighted by atomic mass is 32.2. The van der Waals surface area contributed by atoms with Crippen molar-refractivity contribution in [3.05, 3.63) is 30.5 Å². The number of hydrogen-bond acceptors (Lipinski definition) is 7. The summed E-state index contributed by atoms with van der Waals surface area (Å²) in [7, 11) is -3.72. The average molecular weight is 377 g/mol. The van der Waals surface area contributed by atoms with Crippen molar-refractivity contribution >= 4 is 32.4 Å². The fourth-order valence-corrected chi connectivity index (χ4v) is 3.89. The summed E-state index contributed by atoms with van der Waals surface area (Å²) in [6, 6.07) is 6.14. The van der Waals surface area contributed by atoms with Gasteiger partial charge in [0, 0.05) is 19.3 Å². The van der Waals surface area contributed by atoms with Crippen LogP contribution in [0.25, 0.3) is 10.4 Å². The molecule has 1 atom stereocenters. The normalized spacial score (nSPS) is 17.3. The number of carbonyl (C=O) groups excluding carboxylic acids is 1. The van der Waals surface area contributed by atoms with Crippen LogP contribution in [0.1, 0.15) is 6.42 Å². The molecule has 1 aromatic carbocycles. The predicted octanol–water partition coefficient (Wildman–Crippen LogP) is 1.20. The number of aromatic nitrogens is 1. The lowest BCUT2D eigenvalue weighted by Crippen LogP contribution is -2.25. The van der Waals surface area contributed by atoms with E-state index in [4.69, 9.17) is 10.4 Å². The first-order valence-electron chi connectivity index (χ1n) is 7.41. The van der Waals surface area contributed by atoms with Gasteiger partial charge in [-0.2, -0.15) is 5.26 Å². The average Bonchev–Trinajstić information content (AvgIpc) is 3.23. The van der Waals surface area contributed by atoms with E-state index < -0.39 is 10.0 Å². The molecule has 0 bridgehead atoms. The Morgan fingerprint density at radius 2 is 2.12 bits per heavy atom. The number of nitrogens with zero attached hydrogens (tertiary/aromatic N) is 3. The summed E-state index contributed by atoms with van der Waals surface area (Å²) in [4.78, 5) is 18.8. The molecule has 1 saturated heterocycles. The first-order chi connectivity index (χ1) is 11.9. The molecule has 10 heteroatoms. The molecular formula is C15H15N5O3S2. The molecule has 2 heterocycles. The van der Waals surface area contributed by atoms with Gasteiger partial charge in [0.1, 0.15) is 0 Å². The van der Waals surface area contributed by atoms with Gasteiger partial charge in [0.25, 0.3) is 0 Å². The van der Waals surface area contributed by atoms with Gasteiger partial charge < -0.3 is 10.2 Å². The fraction of sp³-hybridized carbons (Fsp3) is 0.267. The number of nitrogens with two attached hydrogens (primary N) is 1. The van der Waals surface area contributed by atoms with Crippen molar-refractivity contribution in [2.75, 3.05) is 18.4 Å². The van der Waals surface area contributed by atoms with Crippen LogP contribution in [0.2, 0.25) is 0 Å². The molecule has 1 aromatic heterocycles. The number of amides is 1. The molecule has 0 radical (unpaired) electrons. The summed E-state index contributed by atoms with van der Waals surface area (Å²) < 4.78 is 22.5. The Morgan fingerprint density at radius 1 is 1.40 bits per heavy atom. The monoisotopic (exact) mass is 377 g/mol. The number of anilines is 1. The molecular weight excluding hydrogens is 362 g/mol. The van der Waals surface area contributed by atoms with E-state index in [9.17, 15) is 13.2 Å². The number of sulfonamides is 1. The third kappa shape index (κ3) is 3.96. The first-order valence-corrected chi connectivity index (χ1v) is 9.78. The van der Waals surface area contributed by atoms with Crippen LogP contribution >= 0.6 is 11.3 Å². The molecule has 3 rings (SSSR count). The molecule has 3 N–H and O–H groups in total. The Balaban J connectivity index is 1.68. The summed E-state index contributed by atoms with van der Waals surface area (Å²) in [5.41, 5.74) is 0.780. The number of hydrogen-bond donors (Lipinski definition) is 2. The highest BCUT2D eigenvalue weighted by Gasteiger charge is 2.28. The third-order valence-corrected chi connectivity index (χ3v) is 5.79. The molecule has 8 nitrogen and oxygen atoms in total. The molecule has 1 unspecified atom stereocenters. The zero-order valence-corrected chi connectivity index (χ0v) is 14.7. The van der Waals surface area contributed by atoms with E-state index in [1.165, 1.54) is 23.5 Å². The maximum absolute atomic E-state index is 12.2. The largest absolute Gasteiger partial charge is 0.310 e. The maximum atomic E-state index is 12.2. The second-order valence-electron chi connectivity index (χ2n) is 5.62. The van der Waals surface area contributed by atoms with E-state index in [2.05, 4.69) is 10.3 Å². The van der Waals surface area contributed by atoms with Crippen LogP contribution in [0, 0.1) is 17.4 Å². The minimum atomic E-state index is -3.72. The second kappa shape index (κ2) is 6.79. The van der Waals surface area contributed by atoms with E-state index in [0.29, 0.717) is 24.6 Å². The number of primary sulfonamides is 1. The van der Waals surface area contributed by atoms with Gasteiger partial charge in [0.2, 0.25) is 15.9 Å². The Labute approximate surface area is 148 Å². The molecule has 0 spiro atoms. The van der Waals surface area contributed by atoms with Crippen molar-refractivity contribution in [2.24, 2.45) is 11.1 Å². The van der Waals surface area contributed by atoms with Crippen LogP contribution in [0.4, 0.5) is 5.13 Å². The quantitative estimate of drug-likeness (QED) is 0.770. The lowest BCUT2D eigenvalue weighted by molar-refractivity contribution is -0.119. The first kappa shape index (κ1) is 17.3. The third-order valence-electron chi connectivity index (χ3n) is 3.90. The van der Waals surface area contributed by atoms with E-state index in [1.54, 1.807) is 23.2 Å². The van der Waals surface area contributed by atoms with E-state index >= 15 is 0 Å². The maximum Gasteiger partial charge on any atom is 0.238 e. The van der Waals surface area contributed by atoms with Gasteiger partial charge >= 0.3 is 0 Å². The van der Waals surface area contributed by atoms with Crippen molar-refractivity contribution in [3.8, 4) is 16.6 Å². The Kier molecular flexibility index (Phi) is 4.71. The summed E-state index contributed by atoms with van der Waals surface area (Å²) in [6.45, 7) is 1.02. The molecule has 25 heavy (non-hydrogen) atoms. The molecule has 130 valence electrons. The number of thiazole rings is 1. The van der Waals surface area contributed by atoms with Crippen molar-refractivity contribution < 1.29 is 13.2 Å². The minimum absolute atomic E-state index is 0.0394. The van der Waals surface area contributed by atoms with Crippen LogP contribution in [0.3, 0.4) is 0 Å². The zero-order valence-electron chi connectivity index (χ0n) is 13.0. The SMILES string of the molecule is N#CN1CCC(C(=O)Nc2ncc(-c3ccc(S(N)(=O)=O)cc3)s2)C1. The Hall–Kier alpha value is -2.48. The van der Waals surface area contributed by atoms with Crippen LogP contribution < -0.4 is 10.5 Å². The van der Waals surface area contributed by atoms with Gasteiger partial charge in [0.05, 0.1) is 15.7 Å². The van der Waals surface area contributed by atoms with Gasteiger partial charge in [-0.15, -0.1) is 0 Å². The zero-order chi connectivity index (χ0) is 18.0. The Bertz CT molecular complexity index is 931. The highest BCUT2D eigenvalue weighted by molar-refractivity contribution is 7.89. The molecule has 2 aromatic rings. The molecule has 1 aliphatic rings. The van der Waals surface area contributed by atoms with Crippen molar-refractivity contribution in [1.29, 1.82) is 5.26 Å².